The van der Waals surface area contributed by atoms with E-state index < -0.39 is 17.4 Å². The first kappa shape index (κ1) is 10.9. The third kappa shape index (κ3) is 1.63. The highest BCUT2D eigenvalue weighted by Crippen LogP contribution is 2.13. The molecule has 16 heavy (non-hydrogen) atoms. The normalized spacial score (nSPS) is 20.4. The third-order valence-electron chi connectivity index (χ3n) is 2.77. The van der Waals surface area contributed by atoms with Crippen molar-refractivity contribution in [3.8, 4) is 0 Å². The van der Waals surface area contributed by atoms with E-state index in [9.17, 15) is 14.7 Å². The van der Waals surface area contributed by atoms with Crippen LogP contribution >= 0.6 is 0 Å². The molecule has 0 saturated carbocycles. The third-order valence-corrected chi connectivity index (χ3v) is 2.77. The van der Waals surface area contributed by atoms with E-state index in [1.165, 1.54) is 14.1 Å². The molecule has 0 radical (unpaired) electrons. The standard InChI is InChI=1S/C9H14N4O3/c1-11-8(15)7(10-12(2)9(11)16)13-4-3-6(14)5-13/h6,14H,3-5H2,1-2H3. The van der Waals surface area contributed by atoms with Gasteiger partial charge in [0.05, 0.1) is 6.10 Å². The maximum absolute atomic E-state index is 11.8. The zero-order chi connectivity index (χ0) is 11.9. The Hall–Kier alpha value is -1.63. The second-order valence-electron chi connectivity index (χ2n) is 3.98. The van der Waals surface area contributed by atoms with E-state index in [0.717, 1.165) is 9.25 Å². The Morgan fingerprint density at radius 1 is 1.38 bits per heavy atom. The van der Waals surface area contributed by atoms with Crippen LogP contribution in [-0.4, -0.2) is 38.6 Å². The van der Waals surface area contributed by atoms with E-state index in [2.05, 4.69) is 5.10 Å². The Balaban J connectivity index is 2.50. The van der Waals surface area contributed by atoms with Crippen LogP contribution in [0.25, 0.3) is 0 Å². The minimum Gasteiger partial charge on any atom is -0.391 e. The fourth-order valence-electron chi connectivity index (χ4n) is 1.81. The fourth-order valence-corrected chi connectivity index (χ4v) is 1.81. The molecule has 2 heterocycles. The maximum atomic E-state index is 11.8. The van der Waals surface area contributed by atoms with Gasteiger partial charge < -0.3 is 10.0 Å². The van der Waals surface area contributed by atoms with Gasteiger partial charge in [0.1, 0.15) is 0 Å². The topological polar surface area (TPSA) is 80.4 Å². The highest BCUT2D eigenvalue weighted by atomic mass is 16.3. The van der Waals surface area contributed by atoms with Gasteiger partial charge in [-0.3, -0.25) is 9.36 Å². The second-order valence-corrected chi connectivity index (χ2v) is 3.98. The summed E-state index contributed by atoms with van der Waals surface area (Å²) in [5.74, 6) is 0.223. The molecule has 0 spiro atoms. The summed E-state index contributed by atoms with van der Waals surface area (Å²) in [5, 5.41) is 13.3. The first-order valence-electron chi connectivity index (χ1n) is 5.08. The van der Waals surface area contributed by atoms with Crippen molar-refractivity contribution in [3.05, 3.63) is 20.8 Å². The van der Waals surface area contributed by atoms with Crippen LogP contribution in [0.2, 0.25) is 0 Å². The van der Waals surface area contributed by atoms with Gasteiger partial charge in [0.2, 0.25) is 5.82 Å². The number of nitrogens with zero attached hydrogens (tertiary/aromatic N) is 4. The van der Waals surface area contributed by atoms with Crippen LogP contribution in [0.4, 0.5) is 5.82 Å². The Morgan fingerprint density at radius 2 is 2.06 bits per heavy atom. The predicted molar refractivity (Wildman–Crippen MR) is 57.6 cm³/mol. The van der Waals surface area contributed by atoms with E-state index in [1.807, 2.05) is 0 Å². The molecular weight excluding hydrogens is 212 g/mol. The molecular formula is C9H14N4O3. The first-order valence-corrected chi connectivity index (χ1v) is 5.08. The Labute approximate surface area is 91.5 Å². The number of β-amino-alcohol motifs (C(OH)–C–C–N with tert-alkyl or cyclic N) is 1. The van der Waals surface area contributed by atoms with E-state index >= 15 is 0 Å². The summed E-state index contributed by atoms with van der Waals surface area (Å²) in [6.45, 7) is 0.974. The van der Waals surface area contributed by atoms with Crippen LogP contribution in [0.1, 0.15) is 6.42 Å². The molecule has 0 aliphatic carbocycles. The lowest BCUT2D eigenvalue weighted by Gasteiger charge is -2.16. The molecule has 0 aromatic carbocycles. The van der Waals surface area contributed by atoms with E-state index in [0.29, 0.717) is 19.5 Å². The SMILES string of the molecule is Cn1nc(N2CCC(O)C2)c(=O)n(C)c1=O. The van der Waals surface area contributed by atoms with Crippen LogP contribution in [0, 0.1) is 0 Å². The number of aryl methyl sites for hydroxylation is 1. The van der Waals surface area contributed by atoms with Crippen molar-refractivity contribution >= 4 is 5.82 Å². The molecule has 7 heteroatoms. The zero-order valence-corrected chi connectivity index (χ0v) is 9.25. The second kappa shape index (κ2) is 3.75. The lowest BCUT2D eigenvalue weighted by molar-refractivity contribution is 0.198. The van der Waals surface area contributed by atoms with Crippen LogP contribution in [-0.2, 0) is 14.1 Å². The average molecular weight is 226 g/mol. The summed E-state index contributed by atoms with van der Waals surface area (Å²) in [6.07, 6.45) is 0.192. The van der Waals surface area contributed by atoms with E-state index in [4.69, 9.17) is 0 Å². The molecule has 1 aromatic heterocycles. The number of aliphatic hydroxyl groups is 1. The Kier molecular flexibility index (Phi) is 2.55. The molecule has 1 N–H and O–H groups in total. The minimum absolute atomic E-state index is 0.223. The summed E-state index contributed by atoms with van der Waals surface area (Å²) >= 11 is 0. The number of hydrogen-bond acceptors (Lipinski definition) is 5. The molecule has 7 nitrogen and oxygen atoms in total. The van der Waals surface area contributed by atoms with Gasteiger partial charge in [0, 0.05) is 27.2 Å². The minimum atomic E-state index is -0.450. The van der Waals surface area contributed by atoms with Crippen molar-refractivity contribution in [2.45, 2.75) is 12.5 Å². The number of aliphatic hydroxyl groups excluding tert-OH is 1. The van der Waals surface area contributed by atoms with Crippen LogP contribution in [0.5, 0.6) is 0 Å². The van der Waals surface area contributed by atoms with Gasteiger partial charge in [-0.15, -0.1) is 5.10 Å². The smallest absolute Gasteiger partial charge is 0.346 e. The van der Waals surface area contributed by atoms with E-state index in [-0.39, 0.29) is 5.82 Å². The molecule has 1 aliphatic rings. The predicted octanol–water partition coefficient (Wildman–Crippen LogP) is -1.95. The van der Waals surface area contributed by atoms with Crippen molar-refractivity contribution in [2.75, 3.05) is 18.0 Å². The van der Waals surface area contributed by atoms with Crippen LogP contribution in [0.15, 0.2) is 9.59 Å². The molecule has 88 valence electrons. The van der Waals surface area contributed by atoms with Crippen molar-refractivity contribution in [1.82, 2.24) is 14.3 Å². The highest BCUT2D eigenvalue weighted by molar-refractivity contribution is 5.36. The molecule has 2 rings (SSSR count). The van der Waals surface area contributed by atoms with Gasteiger partial charge in [-0.05, 0) is 6.42 Å². The van der Waals surface area contributed by atoms with Gasteiger partial charge >= 0.3 is 5.69 Å². The summed E-state index contributed by atoms with van der Waals surface area (Å²) < 4.78 is 2.15. The molecule has 1 aliphatic heterocycles. The Bertz CT molecular complexity index is 518. The molecule has 0 amide bonds. The number of anilines is 1. The summed E-state index contributed by atoms with van der Waals surface area (Å²) in [4.78, 5) is 24.9. The number of rotatable bonds is 1. The molecule has 1 fully saturated rings. The quantitative estimate of drug-likeness (QED) is 0.602. The van der Waals surface area contributed by atoms with Crippen LogP contribution < -0.4 is 16.1 Å². The van der Waals surface area contributed by atoms with Gasteiger partial charge in [0.15, 0.2) is 0 Å². The van der Waals surface area contributed by atoms with Gasteiger partial charge in [0.25, 0.3) is 5.56 Å². The monoisotopic (exact) mass is 226 g/mol. The van der Waals surface area contributed by atoms with Gasteiger partial charge in [-0.1, -0.05) is 0 Å². The molecule has 0 bridgehead atoms. The summed E-state index contributed by atoms with van der Waals surface area (Å²) in [5.41, 5.74) is -0.870. The summed E-state index contributed by atoms with van der Waals surface area (Å²) in [7, 11) is 2.92. The molecule has 1 aromatic rings. The van der Waals surface area contributed by atoms with Crippen molar-refractivity contribution in [2.24, 2.45) is 14.1 Å². The lowest BCUT2D eigenvalue weighted by Crippen LogP contribution is -2.42. The number of aromatic nitrogens is 3. The Morgan fingerprint density at radius 3 is 2.62 bits per heavy atom. The van der Waals surface area contributed by atoms with Crippen molar-refractivity contribution < 1.29 is 5.11 Å². The van der Waals surface area contributed by atoms with E-state index in [1.54, 1.807) is 4.90 Å². The molecule has 1 saturated heterocycles. The first-order chi connectivity index (χ1) is 7.50. The van der Waals surface area contributed by atoms with Gasteiger partial charge in [-0.2, -0.15) is 0 Å². The molecule has 1 atom stereocenters. The fraction of sp³-hybridized carbons (Fsp3) is 0.667. The highest BCUT2D eigenvalue weighted by Gasteiger charge is 2.24. The van der Waals surface area contributed by atoms with Crippen molar-refractivity contribution in [1.29, 1.82) is 0 Å². The average Bonchev–Trinajstić information content (AvgIpc) is 2.67. The lowest BCUT2D eigenvalue weighted by atomic mass is 10.3. The van der Waals surface area contributed by atoms with Crippen molar-refractivity contribution in [3.63, 3.8) is 0 Å². The zero-order valence-electron chi connectivity index (χ0n) is 9.25. The summed E-state index contributed by atoms with van der Waals surface area (Å²) in [6, 6.07) is 0. The largest absolute Gasteiger partial charge is 0.391 e. The maximum Gasteiger partial charge on any atom is 0.346 e. The molecule has 1 unspecified atom stereocenters. The van der Waals surface area contributed by atoms with Crippen LogP contribution in [0.3, 0.4) is 0 Å². The van der Waals surface area contributed by atoms with Gasteiger partial charge in [-0.25, -0.2) is 9.48 Å². The number of hydrogen-bond donors (Lipinski definition) is 1.